The summed E-state index contributed by atoms with van der Waals surface area (Å²) in [6.07, 6.45) is 7.61. The Bertz CT molecular complexity index is 245. The van der Waals surface area contributed by atoms with E-state index in [0.717, 1.165) is 38.5 Å². The highest BCUT2D eigenvalue weighted by Gasteiger charge is 2.28. The van der Waals surface area contributed by atoms with Gasteiger partial charge in [-0.15, -0.1) is 0 Å². The molecule has 1 N–H and O–H groups in total. The lowest BCUT2D eigenvalue weighted by Crippen LogP contribution is -2.31. The average Bonchev–Trinajstić information content (AvgIpc) is 2.44. The lowest BCUT2D eigenvalue weighted by atomic mass is 9.82. The molecule has 0 aromatic carbocycles. The lowest BCUT2D eigenvalue weighted by molar-refractivity contribution is -0.148. The van der Waals surface area contributed by atoms with Crippen LogP contribution in [-0.4, -0.2) is 24.3 Å². The molecule has 0 saturated carbocycles. The third-order valence-corrected chi connectivity index (χ3v) is 4.10. The van der Waals surface area contributed by atoms with Crippen molar-refractivity contribution in [2.24, 2.45) is 11.3 Å². The topological polar surface area (TPSA) is 46.5 Å². The number of ether oxygens (including phenoxy) is 1. The number of carbonyl (C=O) groups excluding carboxylic acids is 1. The molecule has 0 rings (SSSR count). The summed E-state index contributed by atoms with van der Waals surface area (Å²) in [5.41, 5.74) is -0.233. The second kappa shape index (κ2) is 11.1. The lowest BCUT2D eigenvalue weighted by Gasteiger charge is -2.30. The summed E-state index contributed by atoms with van der Waals surface area (Å²) in [6.45, 7) is 9.06. The normalized spacial score (nSPS) is 14.3. The molecule has 0 saturated heterocycles. The summed E-state index contributed by atoms with van der Waals surface area (Å²) >= 11 is 0. The summed E-state index contributed by atoms with van der Waals surface area (Å²) in [5.74, 6) is 0.582. The Morgan fingerprint density at radius 2 is 1.90 bits per heavy atom. The van der Waals surface area contributed by atoms with Gasteiger partial charge in [-0.25, -0.2) is 0 Å². The second-order valence-electron chi connectivity index (χ2n) is 6.42. The molecular formula is C17H34O3. The van der Waals surface area contributed by atoms with Gasteiger partial charge in [0.05, 0.1) is 13.2 Å². The van der Waals surface area contributed by atoms with Crippen molar-refractivity contribution >= 4 is 5.97 Å². The van der Waals surface area contributed by atoms with Crippen LogP contribution in [0.2, 0.25) is 0 Å². The predicted molar refractivity (Wildman–Crippen MR) is 83.6 cm³/mol. The third-order valence-electron chi connectivity index (χ3n) is 4.10. The maximum atomic E-state index is 11.7. The summed E-state index contributed by atoms with van der Waals surface area (Å²) in [7, 11) is 0. The monoisotopic (exact) mass is 286 g/mol. The van der Waals surface area contributed by atoms with E-state index >= 15 is 0 Å². The molecule has 3 nitrogen and oxygen atoms in total. The zero-order chi connectivity index (χ0) is 15.4. The first-order valence-corrected chi connectivity index (χ1v) is 8.26. The van der Waals surface area contributed by atoms with Crippen molar-refractivity contribution < 1.29 is 14.6 Å². The number of esters is 1. The first-order valence-electron chi connectivity index (χ1n) is 8.26. The Morgan fingerprint density at radius 1 is 1.20 bits per heavy atom. The third kappa shape index (κ3) is 8.57. The molecule has 0 heterocycles. The number of aliphatic hydroxyl groups is 1. The highest BCUT2D eigenvalue weighted by Crippen LogP contribution is 2.29. The van der Waals surface area contributed by atoms with Crippen LogP contribution in [0.3, 0.4) is 0 Å². The Labute approximate surface area is 125 Å². The molecule has 0 aromatic heterocycles. The van der Waals surface area contributed by atoms with Crippen molar-refractivity contribution in [3.63, 3.8) is 0 Å². The summed E-state index contributed by atoms with van der Waals surface area (Å²) in [4.78, 5) is 11.7. The fraction of sp³-hybridized carbons (Fsp3) is 0.941. The van der Waals surface area contributed by atoms with Crippen LogP contribution >= 0.6 is 0 Å². The maximum Gasteiger partial charge on any atom is 0.305 e. The van der Waals surface area contributed by atoms with Gasteiger partial charge in [-0.3, -0.25) is 4.79 Å². The van der Waals surface area contributed by atoms with Crippen molar-refractivity contribution in [1.82, 2.24) is 0 Å². The SMILES string of the molecule is CCCCC(CC)(CO)COC(=O)CCCCC(C)C. The van der Waals surface area contributed by atoms with E-state index in [9.17, 15) is 9.90 Å². The van der Waals surface area contributed by atoms with Crippen LogP contribution in [0.5, 0.6) is 0 Å². The number of unbranched alkanes of at least 4 members (excludes halogenated alkanes) is 2. The minimum absolute atomic E-state index is 0.101. The zero-order valence-corrected chi connectivity index (χ0v) is 13.9. The minimum atomic E-state index is -0.233. The number of hydrogen-bond donors (Lipinski definition) is 1. The van der Waals surface area contributed by atoms with Crippen molar-refractivity contribution in [2.75, 3.05) is 13.2 Å². The van der Waals surface area contributed by atoms with Gasteiger partial charge in [-0.2, -0.15) is 0 Å². The van der Waals surface area contributed by atoms with Crippen LogP contribution in [0.1, 0.15) is 79.1 Å². The van der Waals surface area contributed by atoms with Gasteiger partial charge in [0.25, 0.3) is 0 Å². The number of carbonyl (C=O) groups is 1. The quantitative estimate of drug-likeness (QED) is 0.429. The number of aliphatic hydroxyl groups excluding tert-OH is 1. The molecule has 0 spiro atoms. The average molecular weight is 286 g/mol. The summed E-state index contributed by atoms with van der Waals surface area (Å²) < 4.78 is 5.39. The number of hydrogen-bond acceptors (Lipinski definition) is 3. The molecule has 120 valence electrons. The van der Waals surface area contributed by atoms with Gasteiger partial charge in [0.2, 0.25) is 0 Å². The van der Waals surface area contributed by atoms with Crippen LogP contribution in [0.15, 0.2) is 0 Å². The maximum absolute atomic E-state index is 11.7. The van der Waals surface area contributed by atoms with E-state index in [-0.39, 0.29) is 18.0 Å². The molecule has 0 fully saturated rings. The molecule has 20 heavy (non-hydrogen) atoms. The predicted octanol–water partition coefficient (Wildman–Crippen LogP) is 4.32. The van der Waals surface area contributed by atoms with Gasteiger partial charge in [0.1, 0.15) is 0 Å². The van der Waals surface area contributed by atoms with Gasteiger partial charge < -0.3 is 9.84 Å². The molecule has 1 atom stereocenters. The molecule has 0 bridgehead atoms. The molecule has 0 aliphatic heterocycles. The molecule has 3 heteroatoms. The first-order chi connectivity index (χ1) is 9.49. The standard InChI is InChI=1S/C17H34O3/c1-5-7-12-17(6-2,13-18)14-20-16(19)11-9-8-10-15(3)4/h15,18H,5-14H2,1-4H3. The highest BCUT2D eigenvalue weighted by molar-refractivity contribution is 5.69. The van der Waals surface area contributed by atoms with Crippen molar-refractivity contribution in [3.8, 4) is 0 Å². The van der Waals surface area contributed by atoms with Crippen molar-refractivity contribution in [3.05, 3.63) is 0 Å². The molecule has 1 unspecified atom stereocenters. The Morgan fingerprint density at radius 3 is 2.40 bits per heavy atom. The fourth-order valence-electron chi connectivity index (χ4n) is 2.27. The van der Waals surface area contributed by atoms with Crippen LogP contribution in [0, 0.1) is 11.3 Å². The van der Waals surface area contributed by atoms with Gasteiger partial charge in [0, 0.05) is 11.8 Å². The van der Waals surface area contributed by atoms with Crippen molar-refractivity contribution in [1.29, 1.82) is 0 Å². The molecule has 0 aliphatic carbocycles. The Kier molecular flexibility index (Phi) is 10.8. The van der Waals surface area contributed by atoms with Crippen molar-refractivity contribution in [2.45, 2.75) is 79.1 Å². The van der Waals surface area contributed by atoms with E-state index in [1.165, 1.54) is 6.42 Å². The van der Waals surface area contributed by atoms with Gasteiger partial charge >= 0.3 is 5.97 Å². The summed E-state index contributed by atoms with van der Waals surface area (Å²) in [6, 6.07) is 0. The van der Waals surface area contributed by atoms with E-state index < -0.39 is 0 Å². The molecule has 0 radical (unpaired) electrons. The summed E-state index contributed by atoms with van der Waals surface area (Å²) in [5, 5.41) is 9.60. The molecule has 0 aliphatic rings. The van der Waals surface area contributed by atoms with E-state index in [2.05, 4.69) is 27.7 Å². The smallest absolute Gasteiger partial charge is 0.305 e. The molecule has 0 aromatic rings. The van der Waals surface area contributed by atoms with Gasteiger partial charge in [0.15, 0.2) is 0 Å². The Balaban J connectivity index is 3.98. The van der Waals surface area contributed by atoms with E-state index in [0.29, 0.717) is 18.9 Å². The van der Waals surface area contributed by atoms with Gasteiger partial charge in [-0.05, 0) is 25.2 Å². The van der Waals surface area contributed by atoms with E-state index in [1.807, 2.05) is 0 Å². The van der Waals surface area contributed by atoms with Crippen LogP contribution < -0.4 is 0 Å². The van der Waals surface area contributed by atoms with Gasteiger partial charge in [-0.1, -0.05) is 53.4 Å². The first kappa shape index (κ1) is 19.4. The van der Waals surface area contributed by atoms with E-state index in [1.54, 1.807) is 0 Å². The van der Waals surface area contributed by atoms with Crippen LogP contribution in [0.4, 0.5) is 0 Å². The largest absolute Gasteiger partial charge is 0.465 e. The Hall–Kier alpha value is -0.570. The van der Waals surface area contributed by atoms with Crippen LogP contribution in [0.25, 0.3) is 0 Å². The number of rotatable bonds is 12. The molecule has 0 amide bonds. The highest BCUT2D eigenvalue weighted by atomic mass is 16.5. The van der Waals surface area contributed by atoms with E-state index in [4.69, 9.17) is 4.74 Å². The fourth-order valence-corrected chi connectivity index (χ4v) is 2.27. The second-order valence-corrected chi connectivity index (χ2v) is 6.42. The minimum Gasteiger partial charge on any atom is -0.465 e. The zero-order valence-electron chi connectivity index (χ0n) is 13.9. The van der Waals surface area contributed by atoms with Crippen LogP contribution in [-0.2, 0) is 9.53 Å². The molecular weight excluding hydrogens is 252 g/mol.